The average molecular weight is 288 g/mol. The van der Waals surface area contributed by atoms with Crippen molar-refractivity contribution in [3.8, 4) is 0 Å². The largest absolute Gasteiger partial charge is 0.357 e. The van der Waals surface area contributed by atoms with Gasteiger partial charge in [-0.1, -0.05) is 6.07 Å². The van der Waals surface area contributed by atoms with Crippen molar-refractivity contribution in [3.63, 3.8) is 0 Å². The van der Waals surface area contributed by atoms with Gasteiger partial charge in [-0.3, -0.25) is 0 Å². The molecule has 1 aromatic heterocycles. The lowest BCUT2D eigenvalue weighted by atomic mass is 9.96. The van der Waals surface area contributed by atoms with Crippen molar-refractivity contribution >= 4 is 5.82 Å². The van der Waals surface area contributed by atoms with Gasteiger partial charge in [-0.2, -0.15) is 0 Å². The van der Waals surface area contributed by atoms with Gasteiger partial charge in [0.25, 0.3) is 0 Å². The Kier molecular flexibility index (Phi) is 4.76. The highest BCUT2D eigenvalue weighted by molar-refractivity contribution is 5.40. The van der Waals surface area contributed by atoms with Gasteiger partial charge in [0.05, 0.1) is 0 Å². The Morgan fingerprint density at radius 1 is 1.19 bits per heavy atom. The van der Waals surface area contributed by atoms with Crippen LogP contribution in [0.25, 0.3) is 0 Å². The van der Waals surface area contributed by atoms with E-state index in [1.807, 2.05) is 13.1 Å². The van der Waals surface area contributed by atoms with E-state index < -0.39 is 0 Å². The number of aromatic nitrogens is 1. The maximum Gasteiger partial charge on any atom is 0.128 e. The molecule has 4 nitrogen and oxygen atoms in total. The molecule has 0 spiro atoms. The Labute approximate surface area is 128 Å². The molecule has 0 radical (unpaired) electrons. The number of anilines is 1. The Hall–Kier alpha value is -1.13. The Bertz CT molecular complexity index is 429. The summed E-state index contributed by atoms with van der Waals surface area (Å²) in [4.78, 5) is 9.66. The van der Waals surface area contributed by atoms with Crippen molar-refractivity contribution in [1.82, 2.24) is 9.88 Å². The average Bonchev–Trinajstić information content (AvgIpc) is 3.01. The molecule has 0 amide bonds. The fourth-order valence-corrected chi connectivity index (χ4v) is 3.53. The highest BCUT2D eigenvalue weighted by Gasteiger charge is 2.23. The van der Waals surface area contributed by atoms with Gasteiger partial charge < -0.3 is 15.5 Å². The van der Waals surface area contributed by atoms with Crippen molar-refractivity contribution < 1.29 is 0 Å². The van der Waals surface area contributed by atoms with Crippen LogP contribution in [0.4, 0.5) is 5.82 Å². The summed E-state index contributed by atoms with van der Waals surface area (Å²) in [6.45, 7) is 8.23. The van der Waals surface area contributed by atoms with Crippen molar-refractivity contribution in [3.05, 3.63) is 23.9 Å². The summed E-state index contributed by atoms with van der Waals surface area (Å²) < 4.78 is 0. The molecular weight excluding hydrogens is 260 g/mol. The minimum absolute atomic E-state index is 0.0674. The minimum atomic E-state index is 0.0674. The fourth-order valence-electron chi connectivity index (χ4n) is 3.53. The van der Waals surface area contributed by atoms with Gasteiger partial charge in [0, 0.05) is 31.9 Å². The summed E-state index contributed by atoms with van der Waals surface area (Å²) >= 11 is 0. The van der Waals surface area contributed by atoms with Crippen LogP contribution in [-0.2, 0) is 0 Å². The fraction of sp³-hybridized carbons (Fsp3) is 0.706. The molecular formula is C17H28N4. The number of likely N-dealkylation sites (tertiary alicyclic amines) is 1. The second kappa shape index (κ2) is 6.75. The zero-order valence-electron chi connectivity index (χ0n) is 13.2. The first-order valence-electron chi connectivity index (χ1n) is 8.41. The molecule has 3 rings (SSSR count). The third-order valence-electron chi connectivity index (χ3n) is 4.95. The highest BCUT2D eigenvalue weighted by Crippen LogP contribution is 2.24. The summed E-state index contributed by atoms with van der Waals surface area (Å²) in [6.07, 6.45) is 7.32. The molecule has 0 saturated carbocycles. The second-order valence-corrected chi connectivity index (χ2v) is 6.68. The van der Waals surface area contributed by atoms with Crippen LogP contribution in [0.2, 0.25) is 0 Å². The summed E-state index contributed by atoms with van der Waals surface area (Å²) in [5.41, 5.74) is 6.99. The third-order valence-corrected chi connectivity index (χ3v) is 4.95. The van der Waals surface area contributed by atoms with Gasteiger partial charge in [0.15, 0.2) is 0 Å². The van der Waals surface area contributed by atoms with Crippen molar-refractivity contribution in [1.29, 1.82) is 0 Å². The van der Waals surface area contributed by atoms with E-state index in [0.717, 1.165) is 30.4 Å². The molecule has 2 saturated heterocycles. The first-order valence-corrected chi connectivity index (χ1v) is 8.41. The topological polar surface area (TPSA) is 45.4 Å². The Morgan fingerprint density at radius 3 is 2.48 bits per heavy atom. The van der Waals surface area contributed by atoms with E-state index in [1.165, 1.54) is 45.3 Å². The number of piperidine rings is 1. The predicted octanol–water partition coefficient (Wildman–Crippen LogP) is 2.41. The highest BCUT2D eigenvalue weighted by atomic mass is 15.2. The second-order valence-electron chi connectivity index (χ2n) is 6.68. The Morgan fingerprint density at radius 2 is 1.90 bits per heavy atom. The van der Waals surface area contributed by atoms with Crippen LogP contribution in [0.3, 0.4) is 0 Å². The van der Waals surface area contributed by atoms with Gasteiger partial charge >= 0.3 is 0 Å². The monoisotopic (exact) mass is 288 g/mol. The first kappa shape index (κ1) is 14.8. The number of rotatable bonds is 4. The molecule has 2 aliphatic rings. The van der Waals surface area contributed by atoms with Crippen LogP contribution in [0.1, 0.15) is 44.2 Å². The Balaban J connectivity index is 1.50. The molecule has 3 heterocycles. The van der Waals surface area contributed by atoms with Crippen LogP contribution in [0.15, 0.2) is 18.3 Å². The van der Waals surface area contributed by atoms with E-state index >= 15 is 0 Å². The van der Waals surface area contributed by atoms with Crippen LogP contribution < -0.4 is 10.6 Å². The summed E-state index contributed by atoms with van der Waals surface area (Å²) in [7, 11) is 0. The molecule has 1 atom stereocenters. The van der Waals surface area contributed by atoms with Crippen LogP contribution in [0.5, 0.6) is 0 Å². The first-order chi connectivity index (χ1) is 10.2. The molecule has 2 fully saturated rings. The van der Waals surface area contributed by atoms with Crippen LogP contribution in [-0.4, -0.2) is 42.6 Å². The molecule has 0 aromatic carbocycles. The molecule has 0 aliphatic carbocycles. The standard InChI is InChI=1S/C17H28N4/c1-14(18)16-4-5-17(19-12-16)21-10-6-15(7-11-21)13-20-8-2-3-9-20/h4-5,12,14-15H,2-3,6-11,13,18H2,1H3. The molecule has 4 heteroatoms. The summed E-state index contributed by atoms with van der Waals surface area (Å²) in [5.74, 6) is 1.99. The van der Waals surface area contributed by atoms with Crippen molar-refractivity contribution in [2.24, 2.45) is 11.7 Å². The van der Waals surface area contributed by atoms with E-state index in [9.17, 15) is 0 Å². The maximum atomic E-state index is 5.88. The van der Waals surface area contributed by atoms with Gasteiger partial charge in [0.1, 0.15) is 5.82 Å². The van der Waals surface area contributed by atoms with Gasteiger partial charge in [-0.05, 0) is 63.2 Å². The van der Waals surface area contributed by atoms with Gasteiger partial charge in [-0.25, -0.2) is 4.98 Å². The normalized spacial score (nSPS) is 22.7. The number of hydrogen-bond donors (Lipinski definition) is 1. The third kappa shape index (κ3) is 3.74. The smallest absolute Gasteiger partial charge is 0.128 e. The zero-order valence-corrected chi connectivity index (χ0v) is 13.2. The van der Waals surface area contributed by atoms with Gasteiger partial charge in [-0.15, -0.1) is 0 Å². The zero-order chi connectivity index (χ0) is 14.7. The molecule has 2 aliphatic heterocycles. The predicted molar refractivity (Wildman–Crippen MR) is 87.5 cm³/mol. The van der Waals surface area contributed by atoms with Crippen molar-refractivity contribution in [2.45, 2.75) is 38.6 Å². The molecule has 116 valence electrons. The van der Waals surface area contributed by atoms with Gasteiger partial charge in [0.2, 0.25) is 0 Å². The number of nitrogens with two attached hydrogens (primary N) is 1. The van der Waals surface area contributed by atoms with Crippen LogP contribution >= 0.6 is 0 Å². The molecule has 1 unspecified atom stereocenters. The summed E-state index contributed by atoms with van der Waals surface area (Å²) in [5, 5.41) is 0. The molecule has 0 bridgehead atoms. The molecule has 21 heavy (non-hydrogen) atoms. The van der Waals surface area contributed by atoms with E-state index in [4.69, 9.17) is 5.73 Å². The minimum Gasteiger partial charge on any atom is -0.357 e. The quantitative estimate of drug-likeness (QED) is 0.924. The molecule has 2 N–H and O–H groups in total. The number of hydrogen-bond acceptors (Lipinski definition) is 4. The van der Waals surface area contributed by atoms with E-state index in [2.05, 4.69) is 26.9 Å². The van der Waals surface area contributed by atoms with Crippen molar-refractivity contribution in [2.75, 3.05) is 37.6 Å². The molecule has 1 aromatic rings. The van der Waals surface area contributed by atoms with Crippen LogP contribution in [0, 0.1) is 5.92 Å². The number of pyridine rings is 1. The lowest BCUT2D eigenvalue weighted by Gasteiger charge is -2.34. The van der Waals surface area contributed by atoms with E-state index in [1.54, 1.807) is 0 Å². The lowest BCUT2D eigenvalue weighted by Crippen LogP contribution is -2.38. The lowest BCUT2D eigenvalue weighted by molar-refractivity contribution is 0.249. The number of nitrogens with zero attached hydrogens (tertiary/aromatic N) is 3. The van der Waals surface area contributed by atoms with E-state index in [0.29, 0.717) is 0 Å². The SMILES string of the molecule is CC(N)c1ccc(N2CCC(CN3CCCC3)CC2)nc1. The van der Waals surface area contributed by atoms with E-state index in [-0.39, 0.29) is 6.04 Å². The maximum absolute atomic E-state index is 5.88. The summed E-state index contributed by atoms with van der Waals surface area (Å²) in [6, 6.07) is 4.31.